The number of rotatable bonds is 23. The van der Waals surface area contributed by atoms with Crippen LogP contribution < -0.4 is 43.0 Å². The van der Waals surface area contributed by atoms with E-state index in [0.717, 1.165) is 0 Å². The largest absolute Gasteiger partial charge is 0.508 e. The maximum Gasteiger partial charge on any atom is 0.490 e. The number of thioether (sulfide) groups is 1. The zero-order valence-corrected chi connectivity index (χ0v) is 43.3. The molecule has 0 spiro atoms. The number of carboxylic acid groups (broad SMARTS) is 1. The molecule has 3 aromatic rings. The molecule has 1 aliphatic heterocycles. The maximum absolute atomic E-state index is 14.0. The summed E-state index contributed by atoms with van der Waals surface area (Å²) in [6, 6.07) is 11.7. The number of amides is 7. The van der Waals surface area contributed by atoms with Gasteiger partial charge in [-0.25, -0.2) is 4.79 Å². The Morgan fingerprint density at radius 2 is 1.37 bits per heavy atom. The van der Waals surface area contributed by atoms with Crippen molar-refractivity contribution in [2.24, 2.45) is 11.7 Å². The van der Waals surface area contributed by atoms with Crippen molar-refractivity contribution < 1.29 is 71.3 Å². The van der Waals surface area contributed by atoms with Crippen LogP contribution in [0.5, 0.6) is 5.75 Å². The van der Waals surface area contributed by atoms with Crippen LogP contribution in [0.2, 0.25) is 0 Å². The minimum Gasteiger partial charge on any atom is -0.508 e. The van der Waals surface area contributed by atoms with Crippen LogP contribution in [-0.2, 0) is 44.8 Å². The molecular formula is C51H64F3N9O12S. The summed E-state index contributed by atoms with van der Waals surface area (Å²) in [5.41, 5.74) is 8.09. The number of nitrogens with zero attached hydrogens (tertiary/aromatic N) is 1. The fraction of sp³-hybridized carbons (Fsp3) is 0.451. The monoisotopic (exact) mass is 1080 g/mol. The number of phenols is 1. The summed E-state index contributed by atoms with van der Waals surface area (Å²) >= 11 is 1.25. The van der Waals surface area contributed by atoms with Crippen molar-refractivity contribution in [3.05, 3.63) is 94.5 Å². The van der Waals surface area contributed by atoms with Gasteiger partial charge in [-0.15, -0.1) is 0 Å². The van der Waals surface area contributed by atoms with E-state index in [4.69, 9.17) is 15.6 Å². The van der Waals surface area contributed by atoms with E-state index >= 15 is 0 Å². The highest BCUT2D eigenvalue weighted by Gasteiger charge is 2.39. The number of alkyl halides is 3. The standard InChI is InChI=1S/C49H63N9O10S.C2HF3O2/c1-27(2)23-37(49(68)58-22-9-15-39(58)48(67)52-21-10-20-51-35-14-8-13-34-41(35)43(62)33-12-7-6-11-32(33)42(34)61)55-40(60)25-53-46(65)38(26-69-5)57-47(66)36(24-30-16-18-31(59)19-17-30)56-45(64)29(4)54-44(63)28(3)50;3-2(4,5)1(6)7/h6-8,11-14,16-19,27-29,36-39,51,59H,9-10,15,20-26,50H2,1-5H3,(H,52,67)(H,53,65)(H,54,63)(H,55,60)(H,56,64)(H,57,66);(H,6,7)/t28-,29+,36+,37+,38+,39+;/m1./s1. The highest BCUT2D eigenvalue weighted by atomic mass is 32.2. The van der Waals surface area contributed by atoms with Crippen LogP contribution in [0, 0.1) is 5.92 Å². The summed E-state index contributed by atoms with van der Waals surface area (Å²) in [4.78, 5) is 130. The van der Waals surface area contributed by atoms with Crippen molar-refractivity contribution in [1.82, 2.24) is 36.8 Å². The van der Waals surface area contributed by atoms with Crippen LogP contribution in [-0.4, -0.2) is 155 Å². The molecule has 1 heterocycles. The van der Waals surface area contributed by atoms with Gasteiger partial charge in [-0.05, 0) is 75.5 Å². The lowest BCUT2D eigenvalue weighted by Gasteiger charge is -2.29. The van der Waals surface area contributed by atoms with Gasteiger partial charge in [0.25, 0.3) is 0 Å². The summed E-state index contributed by atoms with van der Waals surface area (Å²) < 4.78 is 31.7. The van der Waals surface area contributed by atoms with E-state index in [1.165, 1.54) is 42.6 Å². The highest BCUT2D eigenvalue weighted by molar-refractivity contribution is 7.98. The van der Waals surface area contributed by atoms with Crippen molar-refractivity contribution in [3.63, 3.8) is 0 Å². The minimum absolute atomic E-state index is 0.00566. The predicted octanol–water partition coefficient (Wildman–Crippen LogP) is 1.78. The second-order valence-electron chi connectivity index (χ2n) is 18.4. The molecule has 1 saturated heterocycles. The van der Waals surface area contributed by atoms with Gasteiger partial charge in [0.1, 0.15) is 36.0 Å². The van der Waals surface area contributed by atoms with Crippen LogP contribution in [0.4, 0.5) is 18.9 Å². The summed E-state index contributed by atoms with van der Waals surface area (Å²) in [6.07, 6.45) is -1.68. The highest BCUT2D eigenvalue weighted by Crippen LogP contribution is 2.32. The third-order valence-corrected chi connectivity index (χ3v) is 12.6. The van der Waals surface area contributed by atoms with E-state index in [1.54, 1.807) is 60.9 Å². The number of fused-ring (bicyclic) bond motifs is 2. The number of carbonyl (C=O) groups is 10. The molecule has 0 unspecified atom stereocenters. The van der Waals surface area contributed by atoms with Gasteiger partial charge in [-0.3, -0.25) is 43.2 Å². The number of halogens is 3. The first-order valence-electron chi connectivity index (χ1n) is 24.3. The molecule has 21 nitrogen and oxygen atoms in total. The second-order valence-corrected chi connectivity index (χ2v) is 19.3. The average molecular weight is 1080 g/mol. The topological polar surface area (TPSA) is 325 Å². The Bertz CT molecular complexity index is 2620. The molecule has 25 heteroatoms. The van der Waals surface area contributed by atoms with Crippen molar-refractivity contribution in [2.45, 2.75) is 102 Å². The van der Waals surface area contributed by atoms with Crippen molar-refractivity contribution >= 4 is 76.3 Å². The lowest BCUT2D eigenvalue weighted by molar-refractivity contribution is -0.192. The number of benzene rings is 3. The lowest BCUT2D eigenvalue weighted by atomic mass is 9.83. The Labute approximate surface area is 440 Å². The summed E-state index contributed by atoms with van der Waals surface area (Å²) in [5.74, 6) is -7.28. The number of nitrogens with one attached hydrogen (secondary N) is 7. The van der Waals surface area contributed by atoms with E-state index in [-0.39, 0.29) is 54.3 Å². The molecule has 1 fully saturated rings. The van der Waals surface area contributed by atoms with Crippen LogP contribution >= 0.6 is 11.8 Å². The van der Waals surface area contributed by atoms with E-state index < -0.39 is 90.4 Å². The predicted molar refractivity (Wildman–Crippen MR) is 274 cm³/mol. The molecule has 412 valence electrons. The number of anilines is 1. The summed E-state index contributed by atoms with van der Waals surface area (Å²) in [6.45, 7) is 7.08. The fourth-order valence-electron chi connectivity index (χ4n) is 8.07. The third kappa shape index (κ3) is 17.5. The molecule has 0 aromatic heterocycles. The molecule has 3 aromatic carbocycles. The number of likely N-dealkylation sites (tertiary alicyclic amines) is 1. The fourth-order valence-corrected chi connectivity index (χ4v) is 8.64. The smallest absolute Gasteiger partial charge is 0.490 e. The first-order valence-corrected chi connectivity index (χ1v) is 25.7. The molecule has 2 aliphatic rings. The van der Waals surface area contributed by atoms with Crippen LogP contribution in [0.25, 0.3) is 0 Å². The first kappa shape index (κ1) is 61.0. The van der Waals surface area contributed by atoms with Gasteiger partial charge in [0.2, 0.25) is 41.4 Å². The van der Waals surface area contributed by atoms with Gasteiger partial charge in [0.05, 0.1) is 18.2 Å². The molecule has 5 rings (SSSR count). The van der Waals surface area contributed by atoms with Gasteiger partial charge in [-0.2, -0.15) is 24.9 Å². The second kappa shape index (κ2) is 28.4. The van der Waals surface area contributed by atoms with Crippen molar-refractivity contribution in [2.75, 3.05) is 43.5 Å². The maximum atomic E-state index is 14.0. The van der Waals surface area contributed by atoms with Gasteiger partial charge in [-0.1, -0.05) is 62.4 Å². The third-order valence-electron chi connectivity index (χ3n) is 11.9. The molecule has 0 radical (unpaired) electrons. The average Bonchev–Trinajstić information content (AvgIpc) is 3.87. The van der Waals surface area contributed by atoms with Crippen LogP contribution in [0.1, 0.15) is 90.8 Å². The van der Waals surface area contributed by atoms with E-state index in [9.17, 15) is 61.4 Å². The number of phenolic OH excluding ortho intramolecular Hbond substituents is 1. The molecule has 0 saturated carbocycles. The van der Waals surface area contributed by atoms with Crippen molar-refractivity contribution in [1.29, 1.82) is 0 Å². The van der Waals surface area contributed by atoms with Crippen LogP contribution in [0.3, 0.4) is 0 Å². The zero-order valence-electron chi connectivity index (χ0n) is 42.5. The zero-order chi connectivity index (χ0) is 56.4. The SMILES string of the molecule is CSC[C@H](NC(=O)[C@H](Cc1ccc(O)cc1)NC(=O)[C@H](C)NC(=O)[C@@H](C)N)C(=O)NCC(=O)N[C@@H](CC(C)C)C(=O)N1CCC[C@H]1C(=O)NCCCNc1cccc2c1C(=O)c1ccccc1C2=O.O=C(O)C(F)(F)F. The number of ketones is 2. The number of carboxylic acids is 1. The Balaban J connectivity index is 0.00000166. The number of hydrogen-bond acceptors (Lipinski definition) is 14. The molecular weight excluding hydrogens is 1020 g/mol. The molecule has 1 aliphatic carbocycles. The normalized spacial score (nSPS) is 15.7. The Kier molecular flexibility index (Phi) is 22.8. The van der Waals surface area contributed by atoms with Gasteiger partial charge in [0.15, 0.2) is 11.6 Å². The number of hydrogen-bond donors (Lipinski definition) is 10. The van der Waals surface area contributed by atoms with Gasteiger partial charge >= 0.3 is 12.1 Å². The number of carbonyl (C=O) groups excluding carboxylic acids is 9. The molecule has 11 N–H and O–H groups in total. The van der Waals surface area contributed by atoms with Gasteiger partial charge in [0, 0.05) is 54.2 Å². The molecule has 6 atom stereocenters. The summed E-state index contributed by atoms with van der Waals surface area (Å²) in [5, 5.41) is 36.1. The molecule has 7 amide bonds. The Hall–Kier alpha value is -7.54. The van der Waals surface area contributed by atoms with E-state index in [1.807, 2.05) is 13.8 Å². The Morgan fingerprint density at radius 1 is 0.750 bits per heavy atom. The number of aliphatic carboxylic acids is 1. The van der Waals surface area contributed by atoms with E-state index in [2.05, 4.69) is 37.2 Å². The summed E-state index contributed by atoms with van der Waals surface area (Å²) in [7, 11) is 0. The van der Waals surface area contributed by atoms with Crippen molar-refractivity contribution in [3.8, 4) is 5.75 Å². The van der Waals surface area contributed by atoms with E-state index in [0.29, 0.717) is 65.9 Å². The first-order chi connectivity index (χ1) is 35.8. The van der Waals surface area contributed by atoms with Gasteiger partial charge < -0.3 is 58.1 Å². The number of aromatic hydroxyl groups is 1. The quantitative estimate of drug-likeness (QED) is 0.0474. The molecule has 76 heavy (non-hydrogen) atoms. The Morgan fingerprint density at radius 3 is 1.97 bits per heavy atom. The number of nitrogens with two attached hydrogens (primary N) is 1. The minimum atomic E-state index is -5.08. The molecule has 0 bridgehead atoms. The van der Waals surface area contributed by atoms with Crippen LogP contribution in [0.15, 0.2) is 66.7 Å². The lowest BCUT2D eigenvalue weighted by Crippen LogP contribution is -2.58.